The monoisotopic (exact) mass is 285 g/mol. The Morgan fingerprint density at radius 1 is 1.35 bits per heavy atom. The molecule has 1 aromatic carbocycles. The smallest absolute Gasteiger partial charge is 0.112 e. The maximum atomic E-state index is 8.95. The minimum Gasteiger partial charge on any atom is -0.368 e. The van der Waals surface area contributed by atoms with Crippen molar-refractivity contribution in [3.8, 4) is 6.07 Å². The highest BCUT2D eigenvalue weighted by Gasteiger charge is 2.17. The largest absolute Gasteiger partial charge is 0.368 e. The minimum atomic E-state index is 0.0913. The van der Waals surface area contributed by atoms with Gasteiger partial charge in [-0.3, -0.25) is 0 Å². The van der Waals surface area contributed by atoms with Crippen LogP contribution in [-0.2, 0) is 12.0 Å². The zero-order valence-electron chi connectivity index (χ0n) is 12.3. The number of nitrogens with zero attached hydrogens (tertiary/aromatic N) is 3. The van der Waals surface area contributed by atoms with Crippen LogP contribution in [0.2, 0.25) is 0 Å². The van der Waals surface area contributed by atoms with Gasteiger partial charge in [0.15, 0.2) is 0 Å². The van der Waals surface area contributed by atoms with Crippen LogP contribution in [0.15, 0.2) is 29.6 Å². The van der Waals surface area contributed by atoms with Gasteiger partial charge in [0, 0.05) is 23.5 Å². The number of nitriles is 1. The molecule has 0 bridgehead atoms. The third kappa shape index (κ3) is 3.37. The number of hydrogen-bond acceptors (Lipinski definition) is 4. The number of aromatic nitrogens is 1. The molecular weight excluding hydrogens is 266 g/mol. The van der Waals surface area contributed by atoms with E-state index in [-0.39, 0.29) is 5.41 Å². The van der Waals surface area contributed by atoms with E-state index in [1.54, 1.807) is 11.3 Å². The molecule has 0 radical (unpaired) electrons. The molecule has 1 aromatic heterocycles. The lowest BCUT2D eigenvalue weighted by molar-refractivity contribution is 0.570. The Hall–Kier alpha value is -1.86. The van der Waals surface area contributed by atoms with Gasteiger partial charge >= 0.3 is 0 Å². The molecule has 0 N–H and O–H groups in total. The molecule has 0 aliphatic heterocycles. The van der Waals surface area contributed by atoms with Crippen molar-refractivity contribution in [1.82, 2.24) is 4.98 Å². The Balaban J connectivity index is 2.13. The molecule has 0 spiro atoms. The lowest BCUT2D eigenvalue weighted by Crippen LogP contribution is -2.17. The second kappa shape index (κ2) is 5.64. The van der Waals surface area contributed by atoms with Gasteiger partial charge in [-0.15, -0.1) is 11.3 Å². The molecule has 1 heterocycles. The SMILES string of the molecule is CN(Cc1nc(C(C)(C)C)cs1)c1cccc(C#N)c1. The van der Waals surface area contributed by atoms with Crippen molar-refractivity contribution in [3.63, 3.8) is 0 Å². The zero-order chi connectivity index (χ0) is 14.8. The second-order valence-corrected chi connectivity index (χ2v) is 6.84. The predicted molar refractivity (Wildman–Crippen MR) is 84.1 cm³/mol. The van der Waals surface area contributed by atoms with Crippen LogP contribution < -0.4 is 4.90 Å². The summed E-state index contributed by atoms with van der Waals surface area (Å²) in [5.41, 5.74) is 2.95. The molecule has 2 rings (SSSR count). The molecular formula is C16H19N3S. The zero-order valence-corrected chi connectivity index (χ0v) is 13.2. The topological polar surface area (TPSA) is 39.9 Å². The van der Waals surface area contributed by atoms with Crippen molar-refractivity contribution in [3.05, 3.63) is 45.9 Å². The lowest BCUT2D eigenvalue weighted by Gasteiger charge is -2.18. The second-order valence-electron chi connectivity index (χ2n) is 5.89. The Bertz CT molecular complexity index is 632. The molecule has 0 aliphatic carbocycles. The molecule has 4 heteroatoms. The fraction of sp³-hybridized carbons (Fsp3) is 0.375. The molecule has 0 saturated heterocycles. The van der Waals surface area contributed by atoms with E-state index in [9.17, 15) is 0 Å². The number of thiazole rings is 1. The molecule has 104 valence electrons. The van der Waals surface area contributed by atoms with Gasteiger partial charge in [0.1, 0.15) is 5.01 Å². The van der Waals surface area contributed by atoms with E-state index in [1.807, 2.05) is 31.3 Å². The van der Waals surface area contributed by atoms with Crippen LogP contribution >= 0.6 is 11.3 Å². The van der Waals surface area contributed by atoms with E-state index >= 15 is 0 Å². The molecule has 0 amide bonds. The maximum Gasteiger partial charge on any atom is 0.112 e. The highest BCUT2D eigenvalue weighted by molar-refractivity contribution is 7.09. The van der Waals surface area contributed by atoms with Gasteiger partial charge in [-0.25, -0.2) is 4.98 Å². The summed E-state index contributed by atoms with van der Waals surface area (Å²) in [6.45, 7) is 7.28. The Labute approximate surface area is 124 Å². The van der Waals surface area contributed by atoms with Crippen LogP contribution in [0.25, 0.3) is 0 Å². The average Bonchev–Trinajstić information content (AvgIpc) is 2.87. The molecule has 20 heavy (non-hydrogen) atoms. The molecule has 0 fully saturated rings. The third-order valence-electron chi connectivity index (χ3n) is 3.11. The number of rotatable bonds is 3. The Morgan fingerprint density at radius 3 is 2.70 bits per heavy atom. The Kier molecular flexibility index (Phi) is 4.10. The van der Waals surface area contributed by atoms with Crippen LogP contribution in [0.1, 0.15) is 37.0 Å². The van der Waals surface area contributed by atoms with E-state index in [0.29, 0.717) is 5.56 Å². The fourth-order valence-corrected chi connectivity index (χ4v) is 2.91. The normalized spacial score (nSPS) is 11.2. The van der Waals surface area contributed by atoms with Crippen LogP contribution in [0.5, 0.6) is 0 Å². The molecule has 3 nitrogen and oxygen atoms in total. The summed E-state index contributed by atoms with van der Waals surface area (Å²) >= 11 is 1.69. The van der Waals surface area contributed by atoms with E-state index in [0.717, 1.165) is 22.9 Å². The van der Waals surface area contributed by atoms with Crippen molar-refractivity contribution in [2.45, 2.75) is 32.7 Å². The van der Waals surface area contributed by atoms with Crippen molar-refractivity contribution in [1.29, 1.82) is 5.26 Å². The van der Waals surface area contributed by atoms with E-state index in [2.05, 4.69) is 37.1 Å². The van der Waals surface area contributed by atoms with Gasteiger partial charge in [-0.1, -0.05) is 26.8 Å². The summed E-state index contributed by atoms with van der Waals surface area (Å²) < 4.78 is 0. The first-order chi connectivity index (χ1) is 9.40. The predicted octanol–water partition coefficient (Wildman–Crippen LogP) is 3.95. The maximum absolute atomic E-state index is 8.95. The van der Waals surface area contributed by atoms with Crippen LogP contribution in [0.4, 0.5) is 5.69 Å². The lowest BCUT2D eigenvalue weighted by atomic mass is 9.93. The van der Waals surface area contributed by atoms with E-state index in [4.69, 9.17) is 10.2 Å². The van der Waals surface area contributed by atoms with Crippen molar-refractivity contribution in [2.75, 3.05) is 11.9 Å². The molecule has 0 atom stereocenters. The van der Waals surface area contributed by atoms with Gasteiger partial charge in [0.25, 0.3) is 0 Å². The summed E-state index contributed by atoms with van der Waals surface area (Å²) in [4.78, 5) is 6.82. The molecule has 0 saturated carbocycles. The molecule has 0 aliphatic rings. The average molecular weight is 285 g/mol. The summed E-state index contributed by atoms with van der Waals surface area (Å²) in [5, 5.41) is 12.2. The van der Waals surface area contributed by atoms with E-state index in [1.165, 1.54) is 0 Å². The summed E-state index contributed by atoms with van der Waals surface area (Å²) in [6, 6.07) is 9.81. The van der Waals surface area contributed by atoms with Crippen molar-refractivity contribution >= 4 is 17.0 Å². The summed E-state index contributed by atoms with van der Waals surface area (Å²) in [7, 11) is 2.02. The quantitative estimate of drug-likeness (QED) is 0.857. The molecule has 2 aromatic rings. The highest BCUT2D eigenvalue weighted by atomic mass is 32.1. The molecule has 0 unspecified atom stereocenters. The van der Waals surface area contributed by atoms with Crippen molar-refractivity contribution in [2.24, 2.45) is 0 Å². The highest BCUT2D eigenvalue weighted by Crippen LogP contribution is 2.25. The first-order valence-corrected chi connectivity index (χ1v) is 7.44. The van der Waals surface area contributed by atoms with E-state index < -0.39 is 0 Å². The van der Waals surface area contributed by atoms with Gasteiger partial charge in [0.2, 0.25) is 0 Å². The van der Waals surface area contributed by atoms with Gasteiger partial charge < -0.3 is 4.90 Å². The first kappa shape index (κ1) is 14.5. The van der Waals surface area contributed by atoms with Gasteiger partial charge in [-0.05, 0) is 18.2 Å². The number of anilines is 1. The first-order valence-electron chi connectivity index (χ1n) is 6.56. The van der Waals surface area contributed by atoms with Crippen LogP contribution in [0, 0.1) is 11.3 Å². The number of benzene rings is 1. The standard InChI is InChI=1S/C16H19N3S/c1-16(2,3)14-11-20-15(18-14)10-19(4)13-7-5-6-12(8-13)9-17/h5-8,11H,10H2,1-4H3. The number of hydrogen-bond donors (Lipinski definition) is 0. The Morgan fingerprint density at radius 2 is 2.10 bits per heavy atom. The fourth-order valence-electron chi connectivity index (χ4n) is 1.84. The van der Waals surface area contributed by atoms with Crippen LogP contribution in [-0.4, -0.2) is 12.0 Å². The van der Waals surface area contributed by atoms with Crippen molar-refractivity contribution < 1.29 is 0 Å². The summed E-state index contributed by atoms with van der Waals surface area (Å²) in [5.74, 6) is 0. The van der Waals surface area contributed by atoms with Gasteiger partial charge in [0.05, 0.1) is 23.9 Å². The minimum absolute atomic E-state index is 0.0913. The van der Waals surface area contributed by atoms with Crippen LogP contribution in [0.3, 0.4) is 0 Å². The van der Waals surface area contributed by atoms with Gasteiger partial charge in [-0.2, -0.15) is 5.26 Å². The third-order valence-corrected chi connectivity index (χ3v) is 3.94. The summed E-state index contributed by atoms with van der Waals surface area (Å²) in [6.07, 6.45) is 0.